The van der Waals surface area contributed by atoms with Gasteiger partial charge in [0, 0.05) is 0 Å². The van der Waals surface area contributed by atoms with Gasteiger partial charge in [-0.3, -0.25) is 0 Å². The minimum absolute atomic E-state index is 0.410. The molecule has 0 aliphatic heterocycles. The van der Waals surface area contributed by atoms with Crippen LogP contribution in [0.25, 0.3) is 0 Å². The lowest BCUT2D eigenvalue weighted by atomic mass is 10.7. The van der Waals surface area contributed by atoms with Crippen molar-refractivity contribution < 1.29 is 0 Å². The summed E-state index contributed by atoms with van der Waals surface area (Å²) in [5.74, 6) is 0.410. The van der Waals surface area contributed by atoms with Gasteiger partial charge in [0.1, 0.15) is 0 Å². The molecule has 1 fully saturated rings. The molecule has 0 aromatic carbocycles. The third-order valence-corrected chi connectivity index (χ3v) is 2.42. The average Bonchev–Trinajstić information content (AvgIpc) is 2.83. The van der Waals surface area contributed by atoms with Crippen molar-refractivity contribution in [2.45, 2.75) is 24.0 Å². The van der Waals surface area contributed by atoms with E-state index in [1.807, 2.05) is 10.8 Å². The molecular formula is C6H7N5S. The van der Waals surface area contributed by atoms with Crippen LogP contribution < -0.4 is 0 Å². The van der Waals surface area contributed by atoms with E-state index in [1.54, 1.807) is 0 Å². The summed E-state index contributed by atoms with van der Waals surface area (Å²) in [6, 6.07) is 2.53. The molecule has 0 unspecified atom stereocenters. The molecule has 2 rings (SSSR count). The Hall–Kier alpha value is -1.09. The predicted molar refractivity (Wildman–Crippen MR) is 42.4 cm³/mol. The van der Waals surface area contributed by atoms with Crippen LogP contribution in [0.2, 0.25) is 0 Å². The largest absolute Gasteiger partial charge is 0.217 e. The summed E-state index contributed by atoms with van der Waals surface area (Å²) in [4.78, 5) is 0. The fourth-order valence-electron chi connectivity index (χ4n) is 0.926. The number of nitriles is 1. The van der Waals surface area contributed by atoms with Crippen LogP contribution in [0.4, 0.5) is 0 Å². The normalized spacial score (nSPS) is 15.9. The van der Waals surface area contributed by atoms with E-state index < -0.39 is 0 Å². The fraction of sp³-hybridized carbons (Fsp3) is 0.667. The second-order valence-corrected chi connectivity index (χ2v) is 3.53. The van der Waals surface area contributed by atoms with E-state index in [-0.39, 0.29) is 0 Å². The van der Waals surface area contributed by atoms with Gasteiger partial charge in [0.05, 0.1) is 17.9 Å². The number of hydrogen-bond acceptors (Lipinski definition) is 5. The molecule has 0 saturated heterocycles. The lowest BCUT2D eigenvalue weighted by Gasteiger charge is -1.97. The Morgan fingerprint density at radius 1 is 1.67 bits per heavy atom. The zero-order valence-corrected chi connectivity index (χ0v) is 7.16. The summed E-state index contributed by atoms with van der Waals surface area (Å²) in [5, 5.41) is 20.4. The number of thioether (sulfide) groups is 1. The van der Waals surface area contributed by atoms with Crippen LogP contribution in [-0.2, 0) is 0 Å². The molecule has 1 saturated carbocycles. The van der Waals surface area contributed by atoms with Crippen LogP contribution in [0.15, 0.2) is 5.16 Å². The molecule has 1 aromatic rings. The Labute approximate surface area is 73.7 Å². The van der Waals surface area contributed by atoms with Gasteiger partial charge in [-0.15, -0.1) is 5.10 Å². The zero-order chi connectivity index (χ0) is 8.39. The van der Waals surface area contributed by atoms with Crippen molar-refractivity contribution >= 4 is 11.8 Å². The first kappa shape index (κ1) is 7.55. The van der Waals surface area contributed by atoms with Crippen molar-refractivity contribution in [3.63, 3.8) is 0 Å². The minimum atomic E-state index is 0.410. The van der Waals surface area contributed by atoms with Crippen molar-refractivity contribution in [3.8, 4) is 6.07 Å². The van der Waals surface area contributed by atoms with Crippen LogP contribution in [0.1, 0.15) is 18.9 Å². The maximum atomic E-state index is 8.36. The van der Waals surface area contributed by atoms with E-state index in [2.05, 4.69) is 15.5 Å². The van der Waals surface area contributed by atoms with Gasteiger partial charge in [-0.1, -0.05) is 11.8 Å². The molecule has 0 spiro atoms. The molecule has 1 aliphatic carbocycles. The standard InChI is InChI=1S/C6H7N5S/c7-3-4-12-6-8-9-10-11(6)5-1-2-5/h5H,1-2,4H2. The van der Waals surface area contributed by atoms with E-state index in [1.165, 1.54) is 11.8 Å². The lowest BCUT2D eigenvalue weighted by Crippen LogP contribution is -1.98. The molecule has 12 heavy (non-hydrogen) atoms. The predicted octanol–water partition coefficient (Wildman–Crippen LogP) is 0.624. The third-order valence-electron chi connectivity index (χ3n) is 1.62. The van der Waals surface area contributed by atoms with E-state index in [0.29, 0.717) is 11.8 Å². The SMILES string of the molecule is N#CCSc1nnnn1C1CC1. The smallest absolute Gasteiger partial charge is 0.210 e. The summed E-state index contributed by atoms with van der Waals surface area (Å²) >= 11 is 1.39. The van der Waals surface area contributed by atoms with Crippen LogP contribution in [0, 0.1) is 11.3 Å². The quantitative estimate of drug-likeness (QED) is 0.639. The summed E-state index contributed by atoms with van der Waals surface area (Å²) in [5.41, 5.74) is 0. The lowest BCUT2D eigenvalue weighted by molar-refractivity contribution is 0.565. The fourth-order valence-corrected chi connectivity index (χ4v) is 1.53. The van der Waals surface area contributed by atoms with Gasteiger partial charge in [-0.05, 0) is 23.3 Å². The first-order valence-corrected chi connectivity index (χ1v) is 4.68. The highest BCUT2D eigenvalue weighted by Crippen LogP contribution is 2.36. The van der Waals surface area contributed by atoms with Gasteiger partial charge in [-0.25, -0.2) is 4.68 Å². The minimum Gasteiger partial charge on any atom is -0.217 e. The van der Waals surface area contributed by atoms with Crippen LogP contribution in [-0.4, -0.2) is 26.0 Å². The van der Waals surface area contributed by atoms with Crippen molar-refractivity contribution in [1.29, 1.82) is 5.26 Å². The summed E-state index contributed by atoms with van der Waals surface area (Å²) in [7, 11) is 0. The van der Waals surface area contributed by atoms with Crippen LogP contribution in [0.3, 0.4) is 0 Å². The number of aromatic nitrogens is 4. The van der Waals surface area contributed by atoms with Gasteiger partial charge >= 0.3 is 0 Å². The second kappa shape index (κ2) is 3.11. The number of tetrazole rings is 1. The van der Waals surface area contributed by atoms with Gasteiger partial charge < -0.3 is 0 Å². The highest BCUT2D eigenvalue weighted by molar-refractivity contribution is 7.99. The van der Waals surface area contributed by atoms with Crippen molar-refractivity contribution in [2.75, 3.05) is 5.75 Å². The van der Waals surface area contributed by atoms with Gasteiger partial charge in [0.2, 0.25) is 5.16 Å². The van der Waals surface area contributed by atoms with E-state index >= 15 is 0 Å². The third kappa shape index (κ3) is 1.41. The molecule has 0 atom stereocenters. The maximum absolute atomic E-state index is 8.36. The van der Waals surface area contributed by atoms with Crippen LogP contribution >= 0.6 is 11.8 Å². The first-order valence-electron chi connectivity index (χ1n) is 3.69. The van der Waals surface area contributed by atoms with Crippen molar-refractivity contribution in [2.24, 2.45) is 0 Å². The number of rotatable bonds is 3. The Kier molecular flexibility index (Phi) is 1.96. The second-order valence-electron chi connectivity index (χ2n) is 2.58. The Balaban J connectivity index is 2.09. The van der Waals surface area contributed by atoms with Crippen molar-refractivity contribution in [3.05, 3.63) is 0 Å². The molecule has 0 bridgehead atoms. The average molecular weight is 181 g/mol. The van der Waals surface area contributed by atoms with E-state index in [0.717, 1.165) is 18.0 Å². The molecule has 1 aliphatic rings. The first-order chi connectivity index (χ1) is 5.92. The van der Waals surface area contributed by atoms with Gasteiger partial charge in [0.25, 0.3) is 0 Å². The summed E-state index contributed by atoms with van der Waals surface area (Å²) in [6.07, 6.45) is 2.32. The molecular weight excluding hydrogens is 174 g/mol. The molecule has 6 heteroatoms. The topological polar surface area (TPSA) is 67.4 Å². The highest BCUT2D eigenvalue weighted by atomic mass is 32.2. The van der Waals surface area contributed by atoms with E-state index in [4.69, 9.17) is 5.26 Å². The molecule has 62 valence electrons. The summed E-state index contributed by atoms with van der Waals surface area (Å²) < 4.78 is 1.81. The Bertz CT molecular complexity index is 310. The molecule has 0 amide bonds. The van der Waals surface area contributed by atoms with Gasteiger partial charge in [-0.2, -0.15) is 5.26 Å². The van der Waals surface area contributed by atoms with Crippen molar-refractivity contribution in [1.82, 2.24) is 20.2 Å². The van der Waals surface area contributed by atoms with E-state index in [9.17, 15) is 0 Å². The molecule has 0 radical (unpaired) electrons. The Morgan fingerprint density at radius 3 is 3.17 bits per heavy atom. The van der Waals surface area contributed by atoms with Crippen LogP contribution in [0.5, 0.6) is 0 Å². The van der Waals surface area contributed by atoms with Gasteiger partial charge in [0.15, 0.2) is 0 Å². The molecule has 5 nitrogen and oxygen atoms in total. The number of hydrogen-bond donors (Lipinski definition) is 0. The summed E-state index contributed by atoms with van der Waals surface area (Å²) in [6.45, 7) is 0. The number of nitrogens with zero attached hydrogens (tertiary/aromatic N) is 5. The molecule has 0 N–H and O–H groups in total. The monoisotopic (exact) mass is 181 g/mol. The highest BCUT2D eigenvalue weighted by Gasteiger charge is 2.27. The maximum Gasteiger partial charge on any atom is 0.210 e. The Morgan fingerprint density at radius 2 is 2.50 bits per heavy atom. The molecule has 1 aromatic heterocycles. The zero-order valence-electron chi connectivity index (χ0n) is 6.34. The molecule has 1 heterocycles.